The number of benzene rings is 6. The van der Waals surface area contributed by atoms with Crippen LogP contribution in [0.3, 0.4) is 0 Å². The molecule has 1 unspecified atom stereocenters. The van der Waals surface area contributed by atoms with Gasteiger partial charge >= 0.3 is 0 Å². The molecule has 0 fully saturated rings. The van der Waals surface area contributed by atoms with Gasteiger partial charge in [0.05, 0.1) is 16.4 Å². The number of hydrogen-bond acceptors (Lipinski definition) is 3. The van der Waals surface area contributed by atoms with E-state index < -0.39 is 5.41 Å². The summed E-state index contributed by atoms with van der Waals surface area (Å²) >= 11 is 0. The molecule has 1 aliphatic heterocycles. The molecule has 6 aromatic carbocycles. The van der Waals surface area contributed by atoms with Crippen molar-refractivity contribution in [1.82, 2.24) is 9.97 Å². The van der Waals surface area contributed by atoms with E-state index in [2.05, 4.69) is 163 Å². The van der Waals surface area contributed by atoms with Gasteiger partial charge in [0.1, 0.15) is 0 Å². The maximum atomic E-state index is 5.33. The molecular weight excluding hydrogens is 621 g/mol. The smallest absolute Gasteiger partial charge is 0.0967 e. The van der Waals surface area contributed by atoms with Crippen LogP contribution in [-0.2, 0) is 5.41 Å². The van der Waals surface area contributed by atoms with E-state index in [0.717, 1.165) is 44.2 Å². The summed E-state index contributed by atoms with van der Waals surface area (Å²) in [7, 11) is 0. The van der Waals surface area contributed by atoms with Crippen LogP contribution in [0.25, 0.3) is 43.9 Å². The quantitative estimate of drug-likeness (QED) is 0.174. The van der Waals surface area contributed by atoms with Gasteiger partial charge in [0, 0.05) is 29.2 Å². The third kappa shape index (κ3) is 4.57. The first-order valence-corrected chi connectivity index (χ1v) is 17.3. The first kappa shape index (κ1) is 29.3. The van der Waals surface area contributed by atoms with Crippen molar-refractivity contribution in [1.29, 1.82) is 0 Å². The Hall–Kier alpha value is -6.65. The van der Waals surface area contributed by atoms with Gasteiger partial charge in [-0.1, -0.05) is 164 Å². The predicted molar refractivity (Wildman–Crippen MR) is 208 cm³/mol. The van der Waals surface area contributed by atoms with Crippen molar-refractivity contribution in [3.05, 3.63) is 227 Å². The molecule has 0 radical (unpaired) electrons. The topological polar surface area (TPSA) is 52.2 Å². The van der Waals surface area contributed by atoms with Crippen molar-refractivity contribution in [2.75, 3.05) is 0 Å². The molecule has 51 heavy (non-hydrogen) atoms. The first-order valence-electron chi connectivity index (χ1n) is 17.3. The van der Waals surface area contributed by atoms with Crippen molar-refractivity contribution < 1.29 is 0 Å². The zero-order chi connectivity index (χ0) is 33.8. The van der Waals surface area contributed by atoms with Crippen molar-refractivity contribution in [3.63, 3.8) is 0 Å². The first-order chi connectivity index (χ1) is 25.3. The predicted octanol–water partition coefficient (Wildman–Crippen LogP) is 11.1. The molecule has 2 aliphatic rings. The standard InChI is InChI=1S/C47H31N4/c1-3-12-31(13-4-1)42-30-43(38-27-29-49-45-39(38)26-23-32-14-11-28-48-44(32)45)51-46(50-42)33-21-24-35(25-22-33)47(34-15-5-2-6-16-34)40-19-9-7-17-36(40)37-18-8-10-20-41(37)47/h1-30,43H/q-1. The van der Waals surface area contributed by atoms with Gasteiger partial charge in [-0.3, -0.25) is 9.97 Å². The maximum Gasteiger partial charge on any atom is 0.0967 e. The summed E-state index contributed by atoms with van der Waals surface area (Å²) in [6.45, 7) is 0. The van der Waals surface area contributed by atoms with Gasteiger partial charge in [0.25, 0.3) is 0 Å². The van der Waals surface area contributed by atoms with Crippen LogP contribution in [-0.4, -0.2) is 15.8 Å². The summed E-state index contributed by atoms with van der Waals surface area (Å²) in [6, 6.07) is 58.0. The van der Waals surface area contributed by atoms with E-state index in [4.69, 9.17) is 15.3 Å². The van der Waals surface area contributed by atoms with Crippen LogP contribution < -0.4 is 0 Å². The van der Waals surface area contributed by atoms with Gasteiger partial charge in [0.2, 0.25) is 0 Å². The Kier molecular flexibility index (Phi) is 6.75. The molecule has 4 nitrogen and oxygen atoms in total. The van der Waals surface area contributed by atoms with Crippen LogP contribution in [0.2, 0.25) is 0 Å². The van der Waals surface area contributed by atoms with Crippen LogP contribution in [0.1, 0.15) is 45.0 Å². The molecule has 0 saturated carbocycles. The molecule has 0 amide bonds. The Balaban J connectivity index is 1.11. The molecule has 4 heteroatoms. The zero-order valence-electron chi connectivity index (χ0n) is 27.7. The molecule has 10 rings (SSSR count). The minimum atomic E-state index is -0.455. The van der Waals surface area contributed by atoms with Crippen molar-refractivity contribution in [2.45, 2.75) is 11.5 Å². The highest BCUT2D eigenvalue weighted by Gasteiger charge is 2.45. The van der Waals surface area contributed by atoms with E-state index in [0.29, 0.717) is 5.84 Å². The van der Waals surface area contributed by atoms with Crippen LogP contribution in [0.5, 0.6) is 0 Å². The van der Waals surface area contributed by atoms with Crippen molar-refractivity contribution in [3.8, 4) is 11.1 Å². The van der Waals surface area contributed by atoms with E-state index >= 15 is 0 Å². The highest BCUT2D eigenvalue weighted by Crippen LogP contribution is 2.56. The minimum absolute atomic E-state index is 0.261. The fourth-order valence-corrected chi connectivity index (χ4v) is 8.18. The second-order valence-electron chi connectivity index (χ2n) is 13.1. The van der Waals surface area contributed by atoms with Crippen LogP contribution in [0, 0.1) is 0 Å². The summed E-state index contributed by atoms with van der Waals surface area (Å²) in [6.07, 6.45) is 5.87. The lowest BCUT2D eigenvalue weighted by Crippen LogP contribution is -2.28. The number of pyridine rings is 2. The zero-order valence-corrected chi connectivity index (χ0v) is 27.7. The fourth-order valence-electron chi connectivity index (χ4n) is 8.18. The summed E-state index contributed by atoms with van der Waals surface area (Å²) in [5.74, 6) is 0.706. The lowest BCUT2D eigenvalue weighted by molar-refractivity contribution is 0.768. The number of amidine groups is 1. The Labute approximate surface area is 296 Å². The molecule has 0 N–H and O–H groups in total. The summed E-state index contributed by atoms with van der Waals surface area (Å²) in [4.78, 5) is 14.6. The number of aromatic nitrogens is 2. The molecule has 1 aliphatic carbocycles. The Morgan fingerprint density at radius 1 is 0.490 bits per heavy atom. The highest BCUT2D eigenvalue weighted by molar-refractivity contribution is 6.13. The highest BCUT2D eigenvalue weighted by atomic mass is 15.0. The van der Waals surface area contributed by atoms with E-state index in [1.54, 1.807) is 0 Å². The number of fused-ring (bicyclic) bond motifs is 6. The Morgan fingerprint density at radius 2 is 1.14 bits per heavy atom. The van der Waals surface area contributed by atoms with E-state index in [9.17, 15) is 0 Å². The van der Waals surface area contributed by atoms with Gasteiger partial charge in [-0.2, -0.15) is 0 Å². The third-order valence-corrected chi connectivity index (χ3v) is 10.4. The second-order valence-corrected chi connectivity index (χ2v) is 13.1. The number of hydrogen-bond donors (Lipinski definition) is 0. The molecule has 1 atom stereocenters. The monoisotopic (exact) mass is 651 g/mol. The third-order valence-electron chi connectivity index (χ3n) is 10.4. The lowest BCUT2D eigenvalue weighted by Gasteiger charge is -2.35. The Bertz CT molecular complexity index is 2610. The van der Waals surface area contributed by atoms with Crippen LogP contribution >= 0.6 is 0 Å². The van der Waals surface area contributed by atoms with Gasteiger partial charge < -0.3 is 10.3 Å². The van der Waals surface area contributed by atoms with Crippen LogP contribution in [0.15, 0.2) is 187 Å². The average Bonchev–Trinajstić information content (AvgIpc) is 3.52. The number of rotatable bonds is 5. The van der Waals surface area contributed by atoms with Crippen molar-refractivity contribution in [2.24, 2.45) is 4.99 Å². The molecule has 240 valence electrons. The van der Waals surface area contributed by atoms with Crippen molar-refractivity contribution >= 4 is 33.3 Å². The molecule has 2 aromatic heterocycles. The second kappa shape index (κ2) is 11.7. The summed E-state index contributed by atoms with van der Waals surface area (Å²) in [5.41, 5.74) is 12.9. The largest absolute Gasteiger partial charge is 0.454 e. The Morgan fingerprint density at radius 3 is 1.88 bits per heavy atom. The van der Waals surface area contributed by atoms with E-state index in [1.165, 1.54) is 33.4 Å². The number of aliphatic imine (C=N–C) groups is 1. The molecule has 8 aromatic rings. The van der Waals surface area contributed by atoms with E-state index in [1.807, 2.05) is 24.5 Å². The summed E-state index contributed by atoms with van der Waals surface area (Å²) in [5, 5.41) is 7.44. The molecule has 3 heterocycles. The summed E-state index contributed by atoms with van der Waals surface area (Å²) < 4.78 is 0. The van der Waals surface area contributed by atoms with Gasteiger partial charge in [-0.15, -0.1) is 0 Å². The van der Waals surface area contributed by atoms with Gasteiger partial charge in [0.15, 0.2) is 0 Å². The SMILES string of the molecule is C1=C(c2ccccc2)N=C(c2ccc(C3(c4ccccc4)c4ccccc4-c4ccccc43)cc2)[N-]C1c1ccnc2c1ccc1cccnc12. The lowest BCUT2D eigenvalue weighted by atomic mass is 9.67. The number of nitrogens with zero attached hydrogens (tertiary/aromatic N) is 4. The minimum Gasteiger partial charge on any atom is -0.454 e. The molecule has 0 saturated heterocycles. The van der Waals surface area contributed by atoms with Gasteiger partial charge in [-0.05, 0) is 67.9 Å². The average molecular weight is 652 g/mol. The fraction of sp³-hybridized carbons (Fsp3) is 0.0426. The maximum absolute atomic E-state index is 5.33. The normalized spacial score (nSPS) is 15.8. The molecular formula is C47H31N4-. The van der Waals surface area contributed by atoms with E-state index in [-0.39, 0.29) is 6.04 Å². The van der Waals surface area contributed by atoms with Crippen LogP contribution in [0.4, 0.5) is 0 Å². The van der Waals surface area contributed by atoms with Gasteiger partial charge in [-0.25, -0.2) is 0 Å². The molecule has 0 bridgehead atoms. The molecule has 0 spiro atoms.